The predicted octanol–water partition coefficient (Wildman–Crippen LogP) is 2.76. The molecule has 4 nitrogen and oxygen atoms in total. The van der Waals surface area contributed by atoms with E-state index in [4.69, 9.17) is 16.3 Å². The van der Waals surface area contributed by atoms with Crippen molar-refractivity contribution in [2.45, 2.75) is 13.5 Å². The van der Waals surface area contributed by atoms with Gasteiger partial charge in [-0.1, -0.05) is 11.6 Å². The van der Waals surface area contributed by atoms with Crippen molar-refractivity contribution in [1.29, 1.82) is 0 Å². The molecule has 0 spiro atoms. The smallest absolute Gasteiger partial charge is 0.302 e. The lowest BCUT2D eigenvalue weighted by atomic mass is 10.2. The molecule has 6 heteroatoms. The zero-order valence-corrected chi connectivity index (χ0v) is 10.6. The Balaban J connectivity index is 2.99. The summed E-state index contributed by atoms with van der Waals surface area (Å²) in [4.78, 5) is 19.2. The first-order chi connectivity index (χ1) is 7.60. The number of rotatable bonds is 4. The molecule has 1 aromatic heterocycles. The van der Waals surface area contributed by atoms with E-state index in [0.29, 0.717) is 10.9 Å². The minimum atomic E-state index is -0.335. The van der Waals surface area contributed by atoms with Gasteiger partial charge in [-0.15, -0.1) is 11.3 Å². The summed E-state index contributed by atoms with van der Waals surface area (Å²) in [7, 11) is 1.60. The third-order valence-electron chi connectivity index (χ3n) is 1.81. The summed E-state index contributed by atoms with van der Waals surface area (Å²) in [5.74, 6) is -0.335. The van der Waals surface area contributed by atoms with E-state index in [1.165, 1.54) is 18.3 Å². The molecule has 0 saturated heterocycles. The minimum Gasteiger partial charge on any atom is -0.461 e. The van der Waals surface area contributed by atoms with E-state index in [2.05, 4.69) is 16.7 Å². The molecule has 1 aromatic rings. The van der Waals surface area contributed by atoms with E-state index in [0.717, 1.165) is 10.4 Å². The highest BCUT2D eigenvalue weighted by atomic mass is 35.5. The van der Waals surface area contributed by atoms with Crippen LogP contribution >= 0.6 is 22.9 Å². The van der Waals surface area contributed by atoms with Gasteiger partial charge in [-0.3, -0.25) is 14.8 Å². The Morgan fingerprint density at radius 2 is 2.38 bits per heavy atom. The van der Waals surface area contributed by atoms with Crippen molar-refractivity contribution in [1.82, 2.24) is 0 Å². The maximum atomic E-state index is 10.7. The fourth-order valence-corrected chi connectivity index (χ4v) is 2.25. The van der Waals surface area contributed by atoms with Crippen LogP contribution in [0.15, 0.2) is 15.4 Å². The van der Waals surface area contributed by atoms with Gasteiger partial charge < -0.3 is 4.74 Å². The SMILES string of the molecule is C=Nc1c(COC(C)=O)csc1C(Cl)=NC. The number of carbonyl (C=O) groups is 1. The lowest BCUT2D eigenvalue weighted by molar-refractivity contribution is -0.142. The highest BCUT2D eigenvalue weighted by molar-refractivity contribution is 7.15. The summed E-state index contributed by atoms with van der Waals surface area (Å²) >= 11 is 7.31. The van der Waals surface area contributed by atoms with Crippen LogP contribution in [-0.2, 0) is 16.1 Å². The minimum absolute atomic E-state index is 0.175. The molecular weight excluding hydrogens is 248 g/mol. The number of aliphatic imine (C=N–C) groups is 2. The van der Waals surface area contributed by atoms with Gasteiger partial charge in [-0.2, -0.15) is 0 Å². The highest BCUT2D eigenvalue weighted by Gasteiger charge is 2.14. The average Bonchev–Trinajstić information content (AvgIpc) is 2.67. The monoisotopic (exact) mass is 258 g/mol. The standard InChI is InChI=1S/C10H11ClN2O2S/c1-6(14)15-4-7-5-16-9(8(7)12-2)10(11)13-3/h5H,2,4H2,1,3H3. The third-order valence-corrected chi connectivity index (χ3v) is 3.31. The molecule has 0 amide bonds. The summed E-state index contributed by atoms with van der Waals surface area (Å²) in [5, 5.41) is 2.21. The molecule has 0 bridgehead atoms. The number of nitrogens with zero attached hydrogens (tertiary/aromatic N) is 2. The van der Waals surface area contributed by atoms with Gasteiger partial charge in [0.2, 0.25) is 0 Å². The van der Waals surface area contributed by atoms with Crippen molar-refractivity contribution in [3.05, 3.63) is 15.8 Å². The van der Waals surface area contributed by atoms with Gasteiger partial charge in [0.15, 0.2) is 0 Å². The molecule has 1 rings (SSSR count). The zero-order chi connectivity index (χ0) is 12.1. The molecule has 0 aliphatic carbocycles. The fraction of sp³-hybridized carbons (Fsp3) is 0.300. The number of halogens is 1. The van der Waals surface area contributed by atoms with Crippen molar-refractivity contribution in [2.24, 2.45) is 9.98 Å². The van der Waals surface area contributed by atoms with Crippen LogP contribution in [0, 0.1) is 0 Å². The maximum absolute atomic E-state index is 10.7. The fourth-order valence-electron chi connectivity index (χ4n) is 1.09. The molecule has 0 saturated carbocycles. The summed E-state index contributed by atoms with van der Waals surface area (Å²) in [6.07, 6.45) is 0. The second kappa shape index (κ2) is 5.77. The van der Waals surface area contributed by atoms with Crippen LogP contribution in [0.4, 0.5) is 5.69 Å². The molecule has 0 aliphatic rings. The molecule has 0 unspecified atom stereocenters. The Kier molecular flexibility index (Phi) is 4.64. The van der Waals surface area contributed by atoms with E-state index in [1.807, 2.05) is 5.38 Å². The van der Waals surface area contributed by atoms with E-state index >= 15 is 0 Å². The Morgan fingerprint density at radius 1 is 1.69 bits per heavy atom. The average molecular weight is 259 g/mol. The van der Waals surface area contributed by atoms with Crippen LogP contribution in [0.25, 0.3) is 0 Å². The first-order valence-corrected chi connectivity index (χ1v) is 5.69. The van der Waals surface area contributed by atoms with Crippen LogP contribution in [-0.4, -0.2) is 24.9 Å². The van der Waals surface area contributed by atoms with Crippen LogP contribution in [0.2, 0.25) is 0 Å². The Morgan fingerprint density at radius 3 is 2.88 bits per heavy atom. The van der Waals surface area contributed by atoms with E-state index in [9.17, 15) is 4.79 Å². The van der Waals surface area contributed by atoms with Crippen LogP contribution in [0.1, 0.15) is 17.4 Å². The maximum Gasteiger partial charge on any atom is 0.302 e. The normalized spacial score (nSPS) is 11.3. The third kappa shape index (κ3) is 2.90. The van der Waals surface area contributed by atoms with Gasteiger partial charge in [0, 0.05) is 24.9 Å². The Hall–Kier alpha value is -1.20. The molecule has 0 N–H and O–H groups in total. The van der Waals surface area contributed by atoms with Gasteiger partial charge in [0.25, 0.3) is 0 Å². The lowest BCUT2D eigenvalue weighted by Gasteiger charge is -2.01. The number of thiophene rings is 1. The number of hydrogen-bond donors (Lipinski definition) is 0. The Labute approximate surface area is 103 Å². The summed E-state index contributed by atoms with van der Waals surface area (Å²) in [6, 6.07) is 0. The summed E-state index contributed by atoms with van der Waals surface area (Å²) < 4.78 is 4.89. The van der Waals surface area contributed by atoms with Crippen LogP contribution in [0.5, 0.6) is 0 Å². The molecule has 0 atom stereocenters. The van der Waals surface area contributed by atoms with Crippen molar-refractivity contribution in [3.63, 3.8) is 0 Å². The van der Waals surface area contributed by atoms with Gasteiger partial charge >= 0.3 is 5.97 Å². The largest absolute Gasteiger partial charge is 0.461 e. The molecule has 0 radical (unpaired) electrons. The second-order valence-corrected chi connectivity index (χ2v) is 4.13. The quantitative estimate of drug-likeness (QED) is 0.616. The number of hydrogen-bond acceptors (Lipinski definition) is 5. The molecule has 1 heterocycles. The van der Waals surface area contributed by atoms with E-state index in [-0.39, 0.29) is 12.6 Å². The zero-order valence-electron chi connectivity index (χ0n) is 8.99. The van der Waals surface area contributed by atoms with Crippen molar-refractivity contribution < 1.29 is 9.53 Å². The topological polar surface area (TPSA) is 51.0 Å². The highest BCUT2D eigenvalue weighted by Crippen LogP contribution is 2.32. The van der Waals surface area contributed by atoms with Gasteiger partial charge in [0.1, 0.15) is 11.8 Å². The second-order valence-electron chi connectivity index (χ2n) is 2.89. The van der Waals surface area contributed by atoms with Crippen molar-refractivity contribution >= 4 is 46.5 Å². The van der Waals surface area contributed by atoms with Crippen molar-refractivity contribution in [2.75, 3.05) is 7.05 Å². The van der Waals surface area contributed by atoms with E-state index < -0.39 is 0 Å². The van der Waals surface area contributed by atoms with Gasteiger partial charge in [0.05, 0.1) is 10.6 Å². The first kappa shape index (κ1) is 12.9. The summed E-state index contributed by atoms with van der Waals surface area (Å²) in [6.45, 7) is 5.00. The van der Waals surface area contributed by atoms with Gasteiger partial charge in [-0.05, 0) is 6.72 Å². The molecule has 0 aromatic carbocycles. The molecular formula is C10H11ClN2O2S. The van der Waals surface area contributed by atoms with Crippen LogP contribution < -0.4 is 0 Å². The predicted molar refractivity (Wildman–Crippen MR) is 67.3 cm³/mol. The van der Waals surface area contributed by atoms with E-state index in [1.54, 1.807) is 7.05 Å². The number of carbonyl (C=O) groups excluding carboxylic acids is 1. The lowest BCUT2D eigenvalue weighted by Crippen LogP contribution is -1.98. The Bertz CT molecular complexity index is 440. The number of ether oxygens (including phenoxy) is 1. The molecule has 0 aliphatic heterocycles. The number of esters is 1. The summed E-state index contributed by atoms with van der Waals surface area (Å²) in [5.41, 5.74) is 1.41. The first-order valence-electron chi connectivity index (χ1n) is 4.43. The van der Waals surface area contributed by atoms with Gasteiger partial charge in [-0.25, -0.2) is 0 Å². The molecule has 16 heavy (non-hydrogen) atoms. The molecule has 0 fully saturated rings. The van der Waals surface area contributed by atoms with Crippen LogP contribution in [0.3, 0.4) is 0 Å². The molecule has 86 valence electrons. The van der Waals surface area contributed by atoms with Crippen molar-refractivity contribution in [3.8, 4) is 0 Å².